The molecular weight excluding hydrogens is 671 g/mol. The van der Waals surface area contributed by atoms with E-state index in [2.05, 4.69) is 64.4 Å². The summed E-state index contributed by atoms with van der Waals surface area (Å²) in [6.45, 7) is 31.1. The fourth-order valence-corrected chi connectivity index (χ4v) is 14.3. The van der Waals surface area contributed by atoms with Crippen molar-refractivity contribution in [3.05, 3.63) is 53.6 Å². The molecule has 7 nitrogen and oxygen atoms in total. The highest BCUT2D eigenvalue weighted by atomic mass is 16.6. The number of fused-ring (bicyclic) bond motifs is 7. The zero-order valence-corrected chi connectivity index (χ0v) is 35.2. The van der Waals surface area contributed by atoms with Crippen LogP contribution in [0.4, 0.5) is 4.79 Å². The first-order valence-corrected chi connectivity index (χ1v) is 21.4. The molecule has 9 atom stereocenters. The van der Waals surface area contributed by atoms with Gasteiger partial charge in [-0.3, -0.25) is 4.90 Å². The van der Waals surface area contributed by atoms with E-state index < -0.39 is 11.6 Å². The van der Waals surface area contributed by atoms with Crippen molar-refractivity contribution in [1.29, 1.82) is 0 Å². The van der Waals surface area contributed by atoms with Crippen LogP contribution in [0.15, 0.2) is 42.5 Å². The minimum absolute atomic E-state index is 0.0152. The number of nitrogens with zero attached hydrogens (tertiary/aromatic N) is 2. The lowest BCUT2D eigenvalue weighted by atomic mass is 9.33. The number of piperazine rings is 1. The summed E-state index contributed by atoms with van der Waals surface area (Å²) in [5.74, 6) is 2.31. The van der Waals surface area contributed by atoms with E-state index in [9.17, 15) is 14.7 Å². The van der Waals surface area contributed by atoms with Crippen LogP contribution in [0.1, 0.15) is 136 Å². The molecule has 0 radical (unpaired) electrons. The van der Waals surface area contributed by atoms with Gasteiger partial charge in [-0.1, -0.05) is 65.0 Å². The van der Waals surface area contributed by atoms with Gasteiger partial charge in [0.2, 0.25) is 0 Å². The molecule has 1 amide bonds. The average molecular weight is 742 g/mol. The maximum atomic E-state index is 12.7. The maximum absolute atomic E-state index is 12.7. The minimum atomic E-state index is -0.864. The molecule has 3 unspecified atom stereocenters. The van der Waals surface area contributed by atoms with Gasteiger partial charge < -0.3 is 20.1 Å². The predicted octanol–water partition coefficient (Wildman–Crippen LogP) is 9.93. The van der Waals surface area contributed by atoms with Crippen LogP contribution in [0.25, 0.3) is 5.57 Å². The van der Waals surface area contributed by atoms with Gasteiger partial charge in [-0.25, -0.2) is 9.59 Å². The van der Waals surface area contributed by atoms with Gasteiger partial charge in [-0.2, -0.15) is 0 Å². The monoisotopic (exact) mass is 742 g/mol. The van der Waals surface area contributed by atoms with Crippen LogP contribution in [-0.2, 0) is 4.74 Å². The highest BCUT2D eigenvalue weighted by Crippen LogP contribution is 2.76. The zero-order valence-electron chi connectivity index (χ0n) is 35.2. The molecule has 1 aromatic rings. The Labute approximate surface area is 326 Å². The number of carboxylic acids is 1. The van der Waals surface area contributed by atoms with Crippen molar-refractivity contribution in [2.45, 2.75) is 131 Å². The number of carboxylic acid groups (broad SMARTS) is 1. The fourth-order valence-electron chi connectivity index (χ4n) is 14.3. The standard InChI is InChI=1S/C47H71N3O4/c1-31(2)34-17-22-47(48-25-26-49-27-29-50(30-28-49)41(53)54-42(3,4)5)24-23-45(9)36(39(34)47)15-16-38-44(8)20-18-35(32-11-13-33(14-12-32)40(51)52)43(6,7)37(44)19-21-46(38,45)10/h11-14,18,34,36-39,48H,1,15-17,19-30H2,2-10H3,(H,51,52)/t34-,36+,37?,38?,39?,44-,45+,46+,47-/m0/s1. The summed E-state index contributed by atoms with van der Waals surface area (Å²) in [7, 11) is 0. The van der Waals surface area contributed by atoms with Crippen molar-refractivity contribution in [3.63, 3.8) is 0 Å². The third-order valence-corrected chi connectivity index (χ3v) is 17.0. The molecule has 1 aliphatic heterocycles. The summed E-state index contributed by atoms with van der Waals surface area (Å²) in [5.41, 5.74) is 4.87. The van der Waals surface area contributed by atoms with E-state index in [1.165, 1.54) is 68.1 Å². The quantitative estimate of drug-likeness (QED) is 0.271. The Bertz CT molecular complexity index is 1650. The lowest BCUT2D eigenvalue weighted by molar-refractivity contribution is -0.219. The number of aromatic carboxylic acids is 1. The third kappa shape index (κ3) is 6.39. The molecule has 6 aliphatic rings. The average Bonchev–Trinajstić information content (AvgIpc) is 3.48. The summed E-state index contributed by atoms with van der Waals surface area (Å²) in [4.78, 5) is 28.6. The van der Waals surface area contributed by atoms with Crippen LogP contribution in [0, 0.1) is 51.2 Å². The lowest BCUT2D eigenvalue weighted by Crippen LogP contribution is -2.68. The van der Waals surface area contributed by atoms with Gasteiger partial charge in [0.25, 0.3) is 0 Å². The van der Waals surface area contributed by atoms with Crippen molar-refractivity contribution in [3.8, 4) is 0 Å². The van der Waals surface area contributed by atoms with Gasteiger partial charge in [0.1, 0.15) is 5.60 Å². The van der Waals surface area contributed by atoms with Crippen LogP contribution in [0.3, 0.4) is 0 Å². The van der Waals surface area contributed by atoms with Crippen LogP contribution in [-0.4, -0.2) is 77.4 Å². The summed E-state index contributed by atoms with van der Waals surface area (Å²) >= 11 is 0. The van der Waals surface area contributed by atoms with Gasteiger partial charge in [0, 0.05) is 44.8 Å². The van der Waals surface area contributed by atoms with Crippen molar-refractivity contribution >= 4 is 17.6 Å². The van der Waals surface area contributed by atoms with E-state index in [0.717, 1.165) is 45.7 Å². The second-order valence-corrected chi connectivity index (χ2v) is 21.0. The second kappa shape index (κ2) is 13.8. The van der Waals surface area contributed by atoms with Crippen molar-refractivity contribution in [2.75, 3.05) is 39.3 Å². The third-order valence-electron chi connectivity index (χ3n) is 17.0. The molecule has 0 aromatic heterocycles. The Balaban J connectivity index is 1.08. The van der Waals surface area contributed by atoms with E-state index in [1.807, 2.05) is 37.8 Å². The topological polar surface area (TPSA) is 82.1 Å². The Morgan fingerprint density at radius 1 is 0.889 bits per heavy atom. The van der Waals surface area contributed by atoms with Gasteiger partial charge >= 0.3 is 12.1 Å². The van der Waals surface area contributed by atoms with Gasteiger partial charge in [-0.05, 0) is 160 Å². The fraction of sp³-hybridized carbons (Fsp3) is 0.745. The molecule has 1 saturated heterocycles. The van der Waals surface area contributed by atoms with Crippen molar-refractivity contribution in [2.24, 2.45) is 51.2 Å². The molecule has 1 heterocycles. The van der Waals surface area contributed by atoms with Crippen molar-refractivity contribution in [1.82, 2.24) is 15.1 Å². The first-order chi connectivity index (χ1) is 25.3. The zero-order chi connectivity index (χ0) is 39.1. The first kappa shape index (κ1) is 39.6. The summed E-state index contributed by atoms with van der Waals surface area (Å²) in [5, 5.41) is 13.8. The highest BCUT2D eigenvalue weighted by Gasteiger charge is 2.70. The van der Waals surface area contributed by atoms with E-state index >= 15 is 0 Å². The van der Waals surface area contributed by atoms with Gasteiger partial charge in [0.05, 0.1) is 5.56 Å². The minimum Gasteiger partial charge on any atom is -0.478 e. The highest BCUT2D eigenvalue weighted by molar-refractivity contribution is 5.88. The van der Waals surface area contributed by atoms with Crippen LogP contribution < -0.4 is 5.32 Å². The van der Waals surface area contributed by atoms with Crippen molar-refractivity contribution < 1.29 is 19.4 Å². The number of ether oxygens (including phenoxy) is 1. The molecule has 2 N–H and O–H groups in total. The molecule has 0 bridgehead atoms. The second-order valence-electron chi connectivity index (χ2n) is 21.0. The Kier molecular flexibility index (Phi) is 10.1. The molecular formula is C47H71N3O4. The summed E-state index contributed by atoms with van der Waals surface area (Å²) in [6.07, 6.45) is 13.7. The van der Waals surface area contributed by atoms with Crippen LogP contribution in [0.5, 0.6) is 0 Å². The molecule has 7 rings (SSSR count). The summed E-state index contributed by atoms with van der Waals surface area (Å²) in [6, 6.07) is 7.62. The molecule has 298 valence electrons. The normalized spacial score (nSPS) is 39.0. The Hall–Kier alpha value is -2.64. The number of nitrogens with one attached hydrogen (secondary N) is 1. The summed E-state index contributed by atoms with van der Waals surface area (Å²) < 4.78 is 5.64. The van der Waals surface area contributed by atoms with Crippen LogP contribution >= 0.6 is 0 Å². The Morgan fingerprint density at radius 3 is 2.20 bits per heavy atom. The number of benzene rings is 1. The molecule has 1 aromatic carbocycles. The smallest absolute Gasteiger partial charge is 0.410 e. The number of hydrogen-bond donors (Lipinski definition) is 2. The number of hydrogen-bond acceptors (Lipinski definition) is 5. The van der Waals surface area contributed by atoms with E-state index in [4.69, 9.17) is 4.74 Å². The molecule has 54 heavy (non-hydrogen) atoms. The van der Waals surface area contributed by atoms with E-state index in [-0.39, 0.29) is 33.3 Å². The van der Waals surface area contributed by atoms with Gasteiger partial charge in [0.15, 0.2) is 0 Å². The molecule has 0 spiro atoms. The number of allylic oxidation sites excluding steroid dienone is 3. The number of carbonyl (C=O) groups excluding carboxylic acids is 1. The SMILES string of the molecule is C=C(C)[C@@H]1CC[C@]2(NCCN3CCN(C(=O)OC(C)(C)C)CC3)CC[C@]3(C)[C@H](CCC4[C@@]5(C)CC=C(c6ccc(C(=O)O)cc6)C(C)(C)C5CC[C@]43C)C12. The first-order valence-electron chi connectivity index (χ1n) is 21.4. The Morgan fingerprint density at radius 2 is 1.57 bits per heavy atom. The van der Waals surface area contributed by atoms with Gasteiger partial charge in [-0.15, -0.1) is 0 Å². The largest absolute Gasteiger partial charge is 0.478 e. The predicted molar refractivity (Wildman–Crippen MR) is 218 cm³/mol. The van der Waals surface area contributed by atoms with E-state index in [0.29, 0.717) is 35.2 Å². The van der Waals surface area contributed by atoms with E-state index in [1.54, 1.807) is 12.1 Å². The molecule has 4 saturated carbocycles. The molecule has 7 heteroatoms. The molecule has 5 aliphatic carbocycles. The van der Waals surface area contributed by atoms with Crippen LogP contribution in [0.2, 0.25) is 0 Å². The maximum Gasteiger partial charge on any atom is 0.410 e. The lowest BCUT2D eigenvalue weighted by Gasteiger charge is -2.72. The number of amides is 1. The molecule has 5 fully saturated rings. The number of rotatable bonds is 7. The number of carbonyl (C=O) groups is 2.